The summed E-state index contributed by atoms with van der Waals surface area (Å²) in [6.07, 6.45) is 12.0. The van der Waals surface area contributed by atoms with Crippen molar-refractivity contribution in [2.24, 2.45) is 5.92 Å². The summed E-state index contributed by atoms with van der Waals surface area (Å²) in [6, 6.07) is 91.2. The quantitative estimate of drug-likeness (QED) is 0.0306. The SMILES string of the molecule is COCCNC(=S)N1CCc2c([nH]c3ccccc23)C1c1ccc(OC)cc1.COc1ccc(C2c3[nH]c4ccccc4c3CCN2C(=S)NC(C)C)cc1.Cc1cccc(C2NCCc3c2[nH]c2ccc(Cl)cc32)c1.Clc1ccc2[nH]c3c(c2c1)CCNC3C1CCCCC1.c1ccc(COc2ccc(C3NCCc4c3[nH]c3ccc(OCc5ccccc5)cc43)cc2)cc1. The number of aryl methyl sites for hydroxylation is 1. The predicted octanol–water partition coefficient (Wildman–Crippen LogP) is 23.6. The molecule has 5 atom stereocenters. The molecule has 1 aliphatic carbocycles. The van der Waals surface area contributed by atoms with Crippen molar-refractivity contribution in [3.8, 4) is 23.0 Å². The molecule has 5 aliphatic heterocycles. The van der Waals surface area contributed by atoms with Gasteiger partial charge in [-0.3, -0.25) is 0 Å². The summed E-state index contributed by atoms with van der Waals surface area (Å²) >= 11 is 23.8. The third kappa shape index (κ3) is 20.3. The number of aromatic amines is 5. The standard InChI is InChI=1S/C31H28N2O2.C22H25N3O2S.C22H25N3OS.C18H17ClN2.C17H21ClN2/c1-3-7-22(8-4-1)20-34-25-13-11-24(12-14-25)30-31-27(17-18-32-30)28-19-26(15-16-29(28)33-31)35-21-23-9-5-2-6-10-23;1-26-14-12-23-22(28)25-13-11-18-17-5-3-4-6-19(17)24-20(18)21(25)15-7-9-16(27-2)10-8-15;1-14(2)23-22(27)25-13-12-18-17-6-4-5-7-19(17)24-20(18)21(25)15-8-10-16(26-3)11-9-15;1-11-3-2-4-12(9-11)17-18-14(7-8-20-17)15-10-13(19)5-6-16(15)21-18;18-12-6-7-15-14(10-12)13-8-9-19-16(17(13)20-15)11-4-2-1-3-5-11/h1-16,19,30,32-33H,17-18,20-21H2;3-10,21,24H,11-14H2,1-2H3,(H,23,28);4-11,14,21,24H,12-13H2,1-3H3,(H,23,27);2-6,9-10,17,20-21H,7-8H2,1H3;6-7,10-11,16,19-20H,1-5,8-9H2. The Hall–Kier alpha value is -11.9. The largest absolute Gasteiger partial charge is 0.497 e. The Morgan fingerprint density at radius 3 is 1.37 bits per heavy atom. The molecule has 21 heteroatoms. The number of aromatic nitrogens is 5. The van der Waals surface area contributed by atoms with Crippen molar-refractivity contribution in [3.63, 3.8) is 0 Å². The maximum absolute atomic E-state index is 6.17. The molecule has 0 saturated heterocycles. The van der Waals surface area contributed by atoms with Crippen molar-refractivity contribution in [3.05, 3.63) is 366 Å². The summed E-state index contributed by atoms with van der Waals surface area (Å²) in [5.74, 6) is 4.29. The Bertz CT molecular complexity index is 6600. The van der Waals surface area contributed by atoms with Gasteiger partial charge >= 0.3 is 0 Å². The van der Waals surface area contributed by atoms with Gasteiger partial charge in [-0.15, -0.1) is 0 Å². The normalized spacial score (nSPS) is 17.4. The minimum absolute atomic E-state index is 0.0320. The highest BCUT2D eigenvalue weighted by Gasteiger charge is 2.37. The number of thiocarbonyl (C=S) groups is 2. The monoisotopic (exact) mass is 1820 g/mol. The molecule has 672 valence electrons. The number of ether oxygens (including phenoxy) is 5. The molecule has 16 aromatic rings. The van der Waals surface area contributed by atoms with Crippen molar-refractivity contribution in [2.75, 3.05) is 67.2 Å². The van der Waals surface area contributed by atoms with Crippen LogP contribution in [-0.4, -0.2) is 118 Å². The van der Waals surface area contributed by atoms with Gasteiger partial charge in [-0.2, -0.15) is 0 Å². The van der Waals surface area contributed by atoms with E-state index < -0.39 is 0 Å². The van der Waals surface area contributed by atoms with Gasteiger partial charge in [0.2, 0.25) is 0 Å². The molecule has 11 aromatic carbocycles. The molecule has 0 radical (unpaired) electrons. The van der Waals surface area contributed by atoms with E-state index >= 15 is 0 Å². The van der Waals surface area contributed by atoms with E-state index in [1.807, 2.05) is 72.8 Å². The van der Waals surface area contributed by atoms with Crippen LogP contribution in [0.25, 0.3) is 54.5 Å². The van der Waals surface area contributed by atoms with Gasteiger partial charge in [-0.1, -0.05) is 206 Å². The third-order valence-electron chi connectivity index (χ3n) is 26.4. The molecule has 5 unspecified atom stereocenters. The lowest BCUT2D eigenvalue weighted by molar-refractivity contribution is 0.202. The summed E-state index contributed by atoms with van der Waals surface area (Å²) in [7, 11) is 5.08. The van der Waals surface area contributed by atoms with Gasteiger partial charge in [0, 0.05) is 139 Å². The van der Waals surface area contributed by atoms with Gasteiger partial charge in [0.05, 0.1) is 51.0 Å². The Morgan fingerprint density at radius 1 is 0.405 bits per heavy atom. The van der Waals surface area contributed by atoms with E-state index in [1.165, 1.54) is 176 Å². The number of rotatable bonds is 17. The first-order valence-corrected chi connectivity index (χ1v) is 47.8. The van der Waals surface area contributed by atoms with Gasteiger partial charge in [-0.25, -0.2) is 0 Å². The van der Waals surface area contributed by atoms with E-state index in [9.17, 15) is 0 Å². The van der Waals surface area contributed by atoms with Crippen LogP contribution in [-0.2, 0) is 50.1 Å². The minimum Gasteiger partial charge on any atom is -0.497 e. The van der Waals surface area contributed by atoms with E-state index in [0.717, 1.165) is 120 Å². The van der Waals surface area contributed by atoms with E-state index in [2.05, 4.69) is 270 Å². The average molecular weight is 1820 g/mol. The van der Waals surface area contributed by atoms with Crippen molar-refractivity contribution in [1.82, 2.24) is 61.3 Å². The smallest absolute Gasteiger partial charge is 0.169 e. The first-order valence-electron chi connectivity index (χ1n) is 46.2. The number of nitrogens with one attached hydrogen (secondary N) is 10. The van der Waals surface area contributed by atoms with E-state index in [4.69, 9.17) is 71.3 Å². The minimum atomic E-state index is 0.0320. The number of benzene rings is 11. The molecule has 5 aromatic heterocycles. The first kappa shape index (κ1) is 89.7. The summed E-state index contributed by atoms with van der Waals surface area (Å²) in [5, 5.41) is 27.5. The van der Waals surface area contributed by atoms with Crippen LogP contribution in [0.4, 0.5) is 0 Å². The van der Waals surface area contributed by atoms with E-state index in [1.54, 1.807) is 21.3 Å². The molecule has 10 heterocycles. The van der Waals surface area contributed by atoms with Crippen molar-refractivity contribution < 1.29 is 23.7 Å². The van der Waals surface area contributed by atoms with Crippen molar-refractivity contribution in [1.29, 1.82) is 0 Å². The lowest BCUT2D eigenvalue weighted by Gasteiger charge is -2.38. The van der Waals surface area contributed by atoms with Crippen LogP contribution in [0.5, 0.6) is 23.0 Å². The number of methoxy groups -OCH3 is 3. The Labute approximate surface area is 788 Å². The van der Waals surface area contributed by atoms with Gasteiger partial charge < -0.3 is 85.0 Å². The molecular formula is C110H116Cl2N12O5S2. The van der Waals surface area contributed by atoms with Crippen LogP contribution in [0.3, 0.4) is 0 Å². The summed E-state index contributed by atoms with van der Waals surface area (Å²) in [6.45, 7) is 13.6. The molecular weight excluding hydrogens is 1700 g/mol. The second-order valence-electron chi connectivity index (χ2n) is 35.2. The number of fused-ring (bicyclic) bond motifs is 15. The fourth-order valence-corrected chi connectivity index (χ4v) is 21.2. The van der Waals surface area contributed by atoms with Crippen LogP contribution in [0.15, 0.2) is 261 Å². The fourth-order valence-electron chi connectivity index (χ4n) is 20.1. The molecule has 0 amide bonds. The fraction of sp³-hybridized carbons (Fsp3) is 0.291. The lowest BCUT2D eigenvalue weighted by atomic mass is 9.80. The van der Waals surface area contributed by atoms with E-state index in [0.29, 0.717) is 38.4 Å². The zero-order chi connectivity index (χ0) is 89.9. The topological polar surface area (TPSA) is 192 Å². The zero-order valence-electron chi connectivity index (χ0n) is 75.3. The van der Waals surface area contributed by atoms with Crippen LogP contribution >= 0.6 is 47.6 Å². The van der Waals surface area contributed by atoms with Crippen LogP contribution < -0.4 is 45.5 Å². The maximum Gasteiger partial charge on any atom is 0.169 e. The molecule has 1 saturated carbocycles. The summed E-state index contributed by atoms with van der Waals surface area (Å²) < 4.78 is 27.9. The maximum atomic E-state index is 6.17. The Balaban J connectivity index is 0.000000112. The highest BCUT2D eigenvalue weighted by atomic mass is 35.5. The molecule has 131 heavy (non-hydrogen) atoms. The van der Waals surface area contributed by atoms with Gasteiger partial charge in [0.15, 0.2) is 10.2 Å². The predicted molar refractivity (Wildman–Crippen MR) is 543 cm³/mol. The van der Waals surface area contributed by atoms with Crippen molar-refractivity contribution in [2.45, 2.75) is 134 Å². The van der Waals surface area contributed by atoms with Crippen molar-refractivity contribution >= 4 is 112 Å². The Morgan fingerprint density at radius 2 is 0.840 bits per heavy atom. The van der Waals surface area contributed by atoms with Gasteiger partial charge in [0.25, 0.3) is 0 Å². The highest BCUT2D eigenvalue weighted by Crippen LogP contribution is 2.45. The summed E-state index contributed by atoms with van der Waals surface area (Å²) in [5.41, 5.74) is 27.9. The molecule has 17 nitrogen and oxygen atoms in total. The number of halogens is 2. The molecule has 22 rings (SSSR count). The van der Waals surface area contributed by atoms with Gasteiger partial charge in [0.1, 0.15) is 36.2 Å². The third-order valence-corrected chi connectivity index (χ3v) is 27.6. The molecule has 0 bridgehead atoms. The molecule has 1 fully saturated rings. The number of para-hydroxylation sites is 2. The van der Waals surface area contributed by atoms with Crippen LogP contribution in [0.2, 0.25) is 10.0 Å². The zero-order valence-corrected chi connectivity index (χ0v) is 78.5. The molecule has 10 N–H and O–H groups in total. The second kappa shape index (κ2) is 41.7. The molecule has 6 aliphatic rings. The number of nitrogens with zero attached hydrogens (tertiary/aromatic N) is 2. The Kier molecular flexibility index (Phi) is 28.6. The second-order valence-corrected chi connectivity index (χ2v) is 36.9. The van der Waals surface area contributed by atoms with Crippen LogP contribution in [0.1, 0.15) is 171 Å². The van der Waals surface area contributed by atoms with E-state index in [-0.39, 0.29) is 24.2 Å². The highest BCUT2D eigenvalue weighted by molar-refractivity contribution is 7.80. The lowest BCUT2D eigenvalue weighted by Crippen LogP contribution is -2.47. The first-order chi connectivity index (χ1) is 64.2. The molecule has 0 spiro atoms. The number of hydrogen-bond acceptors (Lipinski definition) is 10. The van der Waals surface area contributed by atoms with Gasteiger partial charge in [-0.05, 0) is 267 Å². The summed E-state index contributed by atoms with van der Waals surface area (Å²) in [4.78, 5) is 22.8. The average Bonchev–Trinajstić information content (AvgIpc) is 1.62. The number of hydrogen-bond donors (Lipinski definition) is 10. The number of H-pyrrole nitrogens is 5. The van der Waals surface area contributed by atoms with Crippen LogP contribution in [0, 0.1) is 12.8 Å².